The van der Waals surface area contributed by atoms with Crippen LogP contribution in [0, 0.1) is 0 Å². The van der Waals surface area contributed by atoms with Crippen LogP contribution in [-0.4, -0.2) is 18.7 Å². The van der Waals surface area contributed by atoms with Gasteiger partial charge in [0, 0.05) is 16.8 Å². The molecule has 1 aliphatic carbocycles. The summed E-state index contributed by atoms with van der Waals surface area (Å²) >= 11 is 5.28. The number of aliphatic imine (C=N–C) groups is 1. The van der Waals surface area contributed by atoms with Gasteiger partial charge in [0.15, 0.2) is 0 Å². The van der Waals surface area contributed by atoms with Crippen molar-refractivity contribution < 1.29 is 9.53 Å². The Hall–Kier alpha value is -2.44. The Morgan fingerprint density at radius 2 is 1.91 bits per heavy atom. The second-order valence-corrected chi connectivity index (χ2v) is 10.5. The minimum atomic E-state index is -0.0720. The Morgan fingerprint density at radius 3 is 2.68 bits per heavy atom. The molecule has 2 aromatic carbocycles. The first-order chi connectivity index (χ1) is 16.7. The van der Waals surface area contributed by atoms with Crippen molar-refractivity contribution in [1.82, 2.24) is 0 Å². The first-order valence-electron chi connectivity index (χ1n) is 12.1. The topological polar surface area (TPSA) is 50.7 Å². The zero-order valence-electron chi connectivity index (χ0n) is 19.6. The van der Waals surface area contributed by atoms with E-state index in [-0.39, 0.29) is 5.91 Å². The minimum Gasteiger partial charge on any atom is -0.492 e. The Bertz CT molecular complexity index is 1140. The molecule has 4 nitrogen and oxygen atoms in total. The van der Waals surface area contributed by atoms with Gasteiger partial charge in [0.1, 0.15) is 10.8 Å². The molecule has 1 heterocycles. The zero-order valence-corrected chi connectivity index (χ0v) is 22.0. The van der Waals surface area contributed by atoms with E-state index in [4.69, 9.17) is 9.73 Å². The number of fused-ring (bicyclic) bond motifs is 1. The standard InChI is InChI=1S/C28H31BrN2O2S/c1-2-3-17-33-24-16-15-20(18-23(24)29)19-30-28-26(27(32)31-21-11-7-6-8-12-21)22-13-9-4-5-10-14-25(22)34-28/h6-8,11-12,15-16,18-19H,2-5,9-10,13-14,17H2,1H3,(H,31,32). The highest BCUT2D eigenvalue weighted by Gasteiger charge is 2.24. The van der Waals surface area contributed by atoms with E-state index in [1.165, 1.54) is 29.7 Å². The number of anilines is 1. The molecule has 0 atom stereocenters. The number of benzene rings is 2. The van der Waals surface area contributed by atoms with Crippen LogP contribution in [0.1, 0.15) is 71.8 Å². The Kier molecular flexibility index (Phi) is 8.94. The molecule has 1 amide bonds. The summed E-state index contributed by atoms with van der Waals surface area (Å²) in [5, 5.41) is 3.87. The third-order valence-corrected chi connectivity index (χ3v) is 7.77. The van der Waals surface area contributed by atoms with Crippen LogP contribution >= 0.6 is 27.3 Å². The lowest BCUT2D eigenvalue weighted by molar-refractivity contribution is 0.102. The van der Waals surface area contributed by atoms with Crippen LogP contribution in [0.25, 0.3) is 0 Å². The maximum Gasteiger partial charge on any atom is 0.259 e. The summed E-state index contributed by atoms with van der Waals surface area (Å²) in [6, 6.07) is 15.6. The van der Waals surface area contributed by atoms with Gasteiger partial charge in [0.05, 0.1) is 16.6 Å². The maximum absolute atomic E-state index is 13.4. The Balaban J connectivity index is 1.61. The van der Waals surface area contributed by atoms with Crippen LogP contribution in [0.4, 0.5) is 10.7 Å². The summed E-state index contributed by atoms with van der Waals surface area (Å²) in [4.78, 5) is 19.5. The van der Waals surface area contributed by atoms with Crippen molar-refractivity contribution in [2.45, 2.75) is 58.3 Å². The number of nitrogens with zero attached hydrogens (tertiary/aromatic N) is 1. The van der Waals surface area contributed by atoms with E-state index in [0.29, 0.717) is 6.61 Å². The number of para-hydroxylation sites is 1. The quantitative estimate of drug-likeness (QED) is 0.231. The average molecular weight is 540 g/mol. The van der Waals surface area contributed by atoms with Crippen molar-refractivity contribution in [2.24, 2.45) is 4.99 Å². The van der Waals surface area contributed by atoms with Crippen molar-refractivity contribution in [1.29, 1.82) is 0 Å². The van der Waals surface area contributed by atoms with Gasteiger partial charge in [0.25, 0.3) is 5.91 Å². The predicted molar refractivity (Wildman–Crippen MR) is 146 cm³/mol. The molecule has 1 N–H and O–H groups in total. The van der Waals surface area contributed by atoms with Crippen molar-refractivity contribution in [2.75, 3.05) is 11.9 Å². The second kappa shape index (κ2) is 12.3. The van der Waals surface area contributed by atoms with Gasteiger partial charge in [-0.2, -0.15) is 0 Å². The largest absolute Gasteiger partial charge is 0.492 e. The Morgan fingerprint density at radius 1 is 1.12 bits per heavy atom. The summed E-state index contributed by atoms with van der Waals surface area (Å²) in [6.07, 6.45) is 10.7. The molecule has 0 unspecified atom stereocenters. The molecular formula is C28H31BrN2O2S. The lowest BCUT2D eigenvalue weighted by Gasteiger charge is -2.12. The monoisotopic (exact) mass is 538 g/mol. The van der Waals surface area contributed by atoms with Gasteiger partial charge in [-0.05, 0) is 89.5 Å². The number of rotatable bonds is 8. The molecule has 0 radical (unpaired) electrons. The summed E-state index contributed by atoms with van der Waals surface area (Å²) < 4.78 is 6.75. The van der Waals surface area contributed by atoms with Gasteiger partial charge < -0.3 is 10.1 Å². The van der Waals surface area contributed by atoms with E-state index in [0.717, 1.165) is 64.1 Å². The average Bonchev–Trinajstić information content (AvgIpc) is 3.16. The molecule has 34 heavy (non-hydrogen) atoms. The molecule has 0 spiro atoms. The van der Waals surface area contributed by atoms with Gasteiger partial charge in [-0.1, -0.05) is 44.4 Å². The van der Waals surface area contributed by atoms with Gasteiger partial charge in [-0.25, -0.2) is 4.99 Å². The minimum absolute atomic E-state index is 0.0720. The van der Waals surface area contributed by atoms with E-state index >= 15 is 0 Å². The van der Waals surface area contributed by atoms with Crippen LogP contribution in [0.2, 0.25) is 0 Å². The number of ether oxygens (including phenoxy) is 1. The summed E-state index contributed by atoms with van der Waals surface area (Å²) in [5.74, 6) is 0.768. The molecule has 6 heteroatoms. The summed E-state index contributed by atoms with van der Waals surface area (Å²) in [6.45, 7) is 2.86. The lowest BCUT2D eigenvalue weighted by atomic mass is 9.96. The highest BCUT2D eigenvalue weighted by atomic mass is 79.9. The van der Waals surface area contributed by atoms with Gasteiger partial charge in [-0.15, -0.1) is 11.3 Å². The van der Waals surface area contributed by atoms with Crippen LogP contribution < -0.4 is 10.1 Å². The number of hydrogen-bond donors (Lipinski definition) is 1. The fourth-order valence-corrected chi connectivity index (χ4v) is 5.86. The maximum atomic E-state index is 13.4. The molecule has 0 saturated heterocycles. The first kappa shape index (κ1) is 24.7. The second-order valence-electron chi connectivity index (χ2n) is 8.57. The smallest absolute Gasteiger partial charge is 0.259 e. The van der Waals surface area contributed by atoms with E-state index < -0.39 is 0 Å². The number of carbonyl (C=O) groups excluding carboxylic acids is 1. The number of nitrogens with one attached hydrogen (secondary N) is 1. The molecule has 4 rings (SSSR count). The third-order valence-electron chi connectivity index (χ3n) is 5.95. The van der Waals surface area contributed by atoms with Crippen LogP contribution in [-0.2, 0) is 12.8 Å². The van der Waals surface area contributed by atoms with Crippen LogP contribution in [0.3, 0.4) is 0 Å². The van der Waals surface area contributed by atoms with E-state index in [2.05, 4.69) is 28.2 Å². The zero-order chi connectivity index (χ0) is 23.8. The summed E-state index contributed by atoms with van der Waals surface area (Å²) in [5.41, 5.74) is 3.69. The molecule has 0 fully saturated rings. The van der Waals surface area contributed by atoms with Crippen molar-refractivity contribution in [3.63, 3.8) is 0 Å². The predicted octanol–water partition coefficient (Wildman–Crippen LogP) is 8.35. The SMILES string of the molecule is CCCCOc1ccc(C=Nc2sc3c(c2C(=O)Nc2ccccc2)CCCCCC3)cc1Br. The molecular weight excluding hydrogens is 508 g/mol. The molecule has 0 saturated carbocycles. The highest BCUT2D eigenvalue weighted by molar-refractivity contribution is 9.10. The fraction of sp³-hybridized carbons (Fsp3) is 0.357. The molecule has 0 aliphatic heterocycles. The molecule has 3 aromatic rings. The van der Waals surface area contributed by atoms with Gasteiger partial charge in [-0.3, -0.25) is 4.79 Å². The molecule has 178 valence electrons. The van der Waals surface area contributed by atoms with Crippen LogP contribution in [0.15, 0.2) is 58.0 Å². The van der Waals surface area contributed by atoms with Crippen molar-refractivity contribution >= 4 is 50.1 Å². The third kappa shape index (κ3) is 6.36. The highest BCUT2D eigenvalue weighted by Crippen LogP contribution is 2.39. The van der Waals surface area contributed by atoms with Crippen molar-refractivity contribution in [3.8, 4) is 5.75 Å². The number of unbranched alkanes of at least 4 members (excludes halogenated alkanes) is 1. The fourth-order valence-electron chi connectivity index (χ4n) is 4.12. The number of hydrogen-bond acceptors (Lipinski definition) is 4. The van der Waals surface area contributed by atoms with E-state index in [1.54, 1.807) is 11.3 Å². The Labute approximate surface area is 214 Å². The van der Waals surface area contributed by atoms with Gasteiger partial charge in [0.2, 0.25) is 0 Å². The number of thiophene rings is 1. The van der Waals surface area contributed by atoms with E-state index in [9.17, 15) is 4.79 Å². The molecule has 1 aromatic heterocycles. The first-order valence-corrected chi connectivity index (χ1v) is 13.7. The normalized spacial score (nSPS) is 13.8. The number of aryl methyl sites for hydroxylation is 1. The number of halogens is 1. The van der Waals surface area contributed by atoms with Crippen LogP contribution in [0.5, 0.6) is 5.75 Å². The van der Waals surface area contributed by atoms with Crippen molar-refractivity contribution in [3.05, 3.63) is 74.6 Å². The molecule has 1 aliphatic rings. The van der Waals surface area contributed by atoms with Gasteiger partial charge >= 0.3 is 0 Å². The number of amides is 1. The van der Waals surface area contributed by atoms with E-state index in [1.807, 2.05) is 54.7 Å². The lowest BCUT2D eigenvalue weighted by Crippen LogP contribution is -2.14. The number of carbonyl (C=O) groups is 1. The molecule has 0 bridgehead atoms. The summed E-state index contributed by atoms with van der Waals surface area (Å²) in [7, 11) is 0.